The molecule has 0 N–H and O–H groups in total. The van der Waals surface area contributed by atoms with Gasteiger partial charge in [0.1, 0.15) is 0 Å². The Bertz CT molecular complexity index is 256. The molecule has 0 radical (unpaired) electrons. The lowest BCUT2D eigenvalue weighted by Gasteiger charge is -1.69. The van der Waals surface area contributed by atoms with Crippen molar-refractivity contribution in [3.8, 4) is 0 Å². The van der Waals surface area contributed by atoms with Crippen LogP contribution in [0.25, 0.3) is 12.2 Å². The summed E-state index contributed by atoms with van der Waals surface area (Å²) in [5.74, 6) is 0. The molecule has 1 heterocycles. The summed E-state index contributed by atoms with van der Waals surface area (Å²) in [5.41, 5.74) is 1.87. The fraction of sp³-hybridized carbons (Fsp3) is 0.444. The summed E-state index contributed by atoms with van der Waals surface area (Å²) in [7, 11) is 0. The van der Waals surface area contributed by atoms with Crippen molar-refractivity contribution in [3.63, 3.8) is 0 Å². The fourth-order valence-electron chi connectivity index (χ4n) is 0.697. The van der Waals surface area contributed by atoms with E-state index < -0.39 is 0 Å². The molecule has 0 spiro atoms. The highest BCUT2D eigenvalue weighted by Crippen LogP contribution is 1.74. The highest BCUT2D eigenvalue weighted by atomic mass is 32.1. The van der Waals surface area contributed by atoms with Gasteiger partial charge >= 0.3 is 0 Å². The van der Waals surface area contributed by atoms with Crippen molar-refractivity contribution < 1.29 is 0 Å². The lowest BCUT2D eigenvalue weighted by molar-refractivity contribution is 1.31. The van der Waals surface area contributed by atoms with E-state index in [1.807, 2.05) is 39.3 Å². The van der Waals surface area contributed by atoms with Gasteiger partial charge in [-0.15, -0.1) is 11.3 Å². The third kappa shape index (κ3) is 2.85. The summed E-state index contributed by atoms with van der Waals surface area (Å²) in [6, 6.07) is 0. The van der Waals surface area contributed by atoms with E-state index in [-0.39, 0.29) is 0 Å². The lowest BCUT2D eigenvalue weighted by Crippen LogP contribution is -2.19. The minimum Gasteiger partial charge on any atom is -0.245 e. The maximum Gasteiger partial charge on any atom is 0.0805 e. The van der Waals surface area contributed by atoms with Crippen molar-refractivity contribution in [1.82, 2.24) is 4.98 Å². The Morgan fingerprint density at radius 1 is 1.27 bits per heavy atom. The van der Waals surface area contributed by atoms with Crippen LogP contribution in [-0.4, -0.2) is 4.98 Å². The molecule has 0 saturated carbocycles. The molecule has 0 aliphatic heterocycles. The summed E-state index contributed by atoms with van der Waals surface area (Å²) in [4.78, 5) is 4.14. The maximum absolute atomic E-state index is 4.14. The predicted molar refractivity (Wildman–Crippen MR) is 53.0 cm³/mol. The number of nitrogens with zero attached hydrogens (tertiary/aromatic N) is 1. The zero-order valence-corrected chi connectivity index (χ0v) is 8.40. The smallest absolute Gasteiger partial charge is 0.0805 e. The lowest BCUT2D eigenvalue weighted by atomic mass is 10.5. The van der Waals surface area contributed by atoms with E-state index in [9.17, 15) is 0 Å². The Kier molecular flexibility index (Phi) is 5.75. The Morgan fingerprint density at radius 2 is 1.91 bits per heavy atom. The van der Waals surface area contributed by atoms with E-state index in [0.29, 0.717) is 0 Å². The predicted octanol–water partition coefficient (Wildman–Crippen LogP) is 1.77. The molecule has 0 unspecified atom stereocenters. The van der Waals surface area contributed by atoms with Gasteiger partial charge in [-0.3, -0.25) is 0 Å². The monoisotopic (exact) mass is 169 g/mol. The van der Waals surface area contributed by atoms with Crippen LogP contribution >= 0.6 is 11.3 Å². The third-order valence-electron chi connectivity index (χ3n) is 1.16. The Hall–Kier alpha value is -0.630. The molecule has 1 nitrogen and oxygen atoms in total. The van der Waals surface area contributed by atoms with E-state index in [1.54, 1.807) is 11.3 Å². The van der Waals surface area contributed by atoms with Gasteiger partial charge < -0.3 is 0 Å². The Balaban J connectivity index is 0.000000461. The minimum absolute atomic E-state index is 1.10. The molecule has 0 aliphatic carbocycles. The van der Waals surface area contributed by atoms with E-state index in [0.717, 1.165) is 5.35 Å². The molecular weight excluding hydrogens is 154 g/mol. The third-order valence-corrected chi connectivity index (χ3v) is 2.07. The van der Waals surface area contributed by atoms with E-state index in [4.69, 9.17) is 0 Å². The van der Waals surface area contributed by atoms with Crippen LogP contribution in [0.4, 0.5) is 0 Å². The number of rotatable bonds is 0. The molecule has 1 aromatic heterocycles. The standard InChI is InChI=1S/C7H9NS.C2H6/c1-3-6-7(4-2)9-5-8-6;1-2/h3-5H,1-2H3;1-2H3/b6-3+,7-4+;. The molecule has 1 rings (SSSR count). The largest absolute Gasteiger partial charge is 0.245 e. The van der Waals surface area contributed by atoms with Gasteiger partial charge in [0, 0.05) is 4.53 Å². The second-order valence-corrected chi connectivity index (χ2v) is 2.57. The van der Waals surface area contributed by atoms with Crippen LogP contribution < -0.4 is 9.88 Å². The first kappa shape index (κ1) is 10.4. The van der Waals surface area contributed by atoms with Crippen molar-refractivity contribution in [2.45, 2.75) is 27.7 Å². The summed E-state index contributed by atoms with van der Waals surface area (Å²) < 4.78 is 1.26. The molecule has 0 bridgehead atoms. The number of hydrogen-bond donors (Lipinski definition) is 0. The molecule has 2 heteroatoms. The topological polar surface area (TPSA) is 12.9 Å². The SMILES string of the molecule is C/C=c1/ncs/c1=C/C.CC. The van der Waals surface area contributed by atoms with Gasteiger partial charge in [-0.1, -0.05) is 26.0 Å². The van der Waals surface area contributed by atoms with Crippen LogP contribution in [-0.2, 0) is 0 Å². The summed E-state index contributed by atoms with van der Waals surface area (Å²) in [5, 5.41) is 1.10. The molecule has 0 aromatic carbocycles. The minimum atomic E-state index is 1.10. The van der Waals surface area contributed by atoms with Gasteiger partial charge in [0.05, 0.1) is 10.9 Å². The van der Waals surface area contributed by atoms with Crippen LogP contribution in [0.3, 0.4) is 0 Å². The first-order chi connectivity index (χ1) is 5.38. The number of thiazole rings is 1. The average Bonchev–Trinajstić information content (AvgIpc) is 2.54. The van der Waals surface area contributed by atoms with E-state index in [1.165, 1.54) is 4.53 Å². The normalized spacial score (nSPS) is 12.7. The summed E-state index contributed by atoms with van der Waals surface area (Å²) in [6.45, 7) is 8.03. The highest BCUT2D eigenvalue weighted by Gasteiger charge is 1.81. The molecule has 0 aliphatic rings. The first-order valence-corrected chi connectivity index (χ1v) is 4.78. The van der Waals surface area contributed by atoms with Crippen molar-refractivity contribution in [3.05, 3.63) is 15.4 Å². The maximum atomic E-state index is 4.14. The van der Waals surface area contributed by atoms with Crippen LogP contribution in [0.15, 0.2) is 5.51 Å². The Morgan fingerprint density at radius 3 is 2.27 bits per heavy atom. The first-order valence-electron chi connectivity index (χ1n) is 3.90. The summed E-state index contributed by atoms with van der Waals surface area (Å²) >= 11 is 1.68. The van der Waals surface area contributed by atoms with Crippen LogP contribution in [0, 0.1) is 0 Å². The molecule has 0 amide bonds. The molecule has 1 aromatic rings. The van der Waals surface area contributed by atoms with Crippen molar-refractivity contribution in [2.75, 3.05) is 0 Å². The quantitative estimate of drug-likeness (QED) is 0.577. The molecule has 0 fully saturated rings. The van der Waals surface area contributed by atoms with Crippen molar-refractivity contribution in [2.24, 2.45) is 0 Å². The van der Waals surface area contributed by atoms with Crippen LogP contribution in [0.1, 0.15) is 27.7 Å². The van der Waals surface area contributed by atoms with Gasteiger partial charge in [0.15, 0.2) is 0 Å². The fourth-order valence-corrected chi connectivity index (χ4v) is 1.40. The van der Waals surface area contributed by atoms with E-state index in [2.05, 4.69) is 11.1 Å². The second-order valence-electron chi connectivity index (χ2n) is 1.68. The van der Waals surface area contributed by atoms with Crippen LogP contribution in [0.2, 0.25) is 0 Å². The Labute approximate surface area is 72.1 Å². The summed E-state index contributed by atoms with van der Waals surface area (Å²) in [6.07, 6.45) is 4.10. The zero-order valence-electron chi connectivity index (χ0n) is 7.59. The molecular formula is C9H15NS. The zero-order chi connectivity index (χ0) is 8.69. The van der Waals surface area contributed by atoms with Gasteiger partial charge in [0.2, 0.25) is 0 Å². The van der Waals surface area contributed by atoms with Crippen LogP contribution in [0.5, 0.6) is 0 Å². The van der Waals surface area contributed by atoms with E-state index >= 15 is 0 Å². The molecule has 62 valence electrons. The van der Waals surface area contributed by atoms with Gasteiger partial charge in [-0.05, 0) is 13.8 Å². The molecule has 0 atom stereocenters. The molecule has 11 heavy (non-hydrogen) atoms. The van der Waals surface area contributed by atoms with Gasteiger partial charge in [-0.25, -0.2) is 4.98 Å². The van der Waals surface area contributed by atoms with Gasteiger partial charge in [-0.2, -0.15) is 0 Å². The van der Waals surface area contributed by atoms with Crippen molar-refractivity contribution in [1.29, 1.82) is 0 Å². The van der Waals surface area contributed by atoms with Gasteiger partial charge in [0.25, 0.3) is 0 Å². The second kappa shape index (κ2) is 6.10. The highest BCUT2D eigenvalue weighted by molar-refractivity contribution is 7.07. The average molecular weight is 169 g/mol. The van der Waals surface area contributed by atoms with Crippen molar-refractivity contribution >= 4 is 23.5 Å². The number of hydrogen-bond acceptors (Lipinski definition) is 2. The number of aromatic nitrogens is 1. The molecule has 0 saturated heterocycles.